The van der Waals surface area contributed by atoms with Crippen LogP contribution < -0.4 is 0 Å². The van der Waals surface area contributed by atoms with E-state index in [1.54, 1.807) is 11.1 Å². The number of hydrogen-bond acceptors (Lipinski definition) is 5. The highest BCUT2D eigenvalue weighted by Gasteiger charge is 2.48. The lowest BCUT2D eigenvalue weighted by atomic mass is 9.71. The molecule has 2 aromatic rings. The Hall–Kier alpha value is -2.98. The molecule has 2 aliphatic heterocycles. The third-order valence-electron chi connectivity index (χ3n) is 6.86. The second-order valence-corrected chi connectivity index (χ2v) is 8.54. The van der Waals surface area contributed by atoms with Crippen LogP contribution in [0.1, 0.15) is 42.1 Å². The van der Waals surface area contributed by atoms with Crippen molar-refractivity contribution in [1.29, 1.82) is 5.26 Å². The van der Waals surface area contributed by atoms with Crippen LogP contribution in [-0.2, 0) is 6.42 Å². The van der Waals surface area contributed by atoms with Gasteiger partial charge >= 0.3 is 6.09 Å². The Balaban J connectivity index is 1.27. The number of likely N-dealkylation sites (tertiary alicyclic amines) is 2. The van der Waals surface area contributed by atoms with E-state index in [0.29, 0.717) is 30.2 Å². The van der Waals surface area contributed by atoms with E-state index in [0.717, 1.165) is 50.0 Å². The third kappa shape index (κ3) is 3.14. The SMILES string of the molecule is N#Cc1cnc(-c2ccc3c(c2)CC[C@H]3N2CC3(CCN(C(=O)O)CC3)C2)cn1. The monoisotopic (exact) mass is 389 g/mol. The standard InChI is InChI=1S/C22H23N5O2/c23-10-17-11-25-19(12-24-17)16-1-3-18-15(9-16)2-4-20(18)27-13-22(14-27)5-7-26(8-6-22)21(28)29/h1,3,9,11-12,20H,2,4-8,13-14H2,(H,28,29)/t20-/m1/s1. The van der Waals surface area contributed by atoms with Crippen molar-refractivity contribution in [2.75, 3.05) is 26.2 Å². The lowest BCUT2D eigenvalue weighted by Gasteiger charge is -2.56. The number of piperidine rings is 1. The van der Waals surface area contributed by atoms with Crippen LogP contribution in [0.4, 0.5) is 4.79 Å². The largest absolute Gasteiger partial charge is 0.465 e. The molecule has 29 heavy (non-hydrogen) atoms. The second-order valence-electron chi connectivity index (χ2n) is 8.54. The van der Waals surface area contributed by atoms with Crippen molar-refractivity contribution in [3.8, 4) is 17.3 Å². The van der Waals surface area contributed by atoms with Gasteiger partial charge in [-0.05, 0) is 48.3 Å². The van der Waals surface area contributed by atoms with Gasteiger partial charge in [-0.1, -0.05) is 12.1 Å². The van der Waals surface area contributed by atoms with Gasteiger partial charge in [-0.15, -0.1) is 0 Å². The number of nitriles is 1. The van der Waals surface area contributed by atoms with Crippen molar-refractivity contribution in [1.82, 2.24) is 19.8 Å². The fourth-order valence-corrected chi connectivity index (χ4v) is 5.19. The minimum atomic E-state index is -0.788. The average Bonchev–Trinajstić information content (AvgIpc) is 3.15. The molecular formula is C22H23N5O2. The fraction of sp³-hybridized carbons (Fsp3) is 0.455. The Kier molecular flexibility index (Phi) is 4.25. The molecule has 0 bridgehead atoms. The highest BCUT2D eigenvalue weighted by molar-refractivity contribution is 5.65. The molecule has 7 nitrogen and oxygen atoms in total. The summed E-state index contributed by atoms with van der Waals surface area (Å²) in [4.78, 5) is 23.7. The van der Waals surface area contributed by atoms with E-state index in [-0.39, 0.29) is 0 Å². The first-order valence-electron chi connectivity index (χ1n) is 10.1. The number of aryl methyl sites for hydroxylation is 1. The molecule has 5 rings (SSSR count). The predicted molar refractivity (Wildman–Crippen MR) is 106 cm³/mol. The third-order valence-corrected chi connectivity index (χ3v) is 6.86. The van der Waals surface area contributed by atoms with Crippen LogP contribution in [0, 0.1) is 16.7 Å². The Bertz CT molecular complexity index is 981. The topological polar surface area (TPSA) is 93.4 Å². The van der Waals surface area contributed by atoms with Crippen LogP contribution in [0.3, 0.4) is 0 Å². The normalized spacial score (nSPS) is 22.7. The molecule has 3 aliphatic rings. The number of rotatable bonds is 2. The molecule has 1 aliphatic carbocycles. The van der Waals surface area contributed by atoms with Gasteiger partial charge in [0.2, 0.25) is 0 Å². The van der Waals surface area contributed by atoms with Crippen molar-refractivity contribution in [3.05, 3.63) is 47.4 Å². The van der Waals surface area contributed by atoms with Gasteiger partial charge < -0.3 is 10.0 Å². The maximum absolute atomic E-state index is 11.1. The van der Waals surface area contributed by atoms with Crippen LogP contribution in [0.5, 0.6) is 0 Å². The Labute approximate surface area is 169 Å². The number of benzene rings is 1. The smallest absolute Gasteiger partial charge is 0.407 e. The lowest BCUT2D eigenvalue weighted by molar-refractivity contribution is -0.0664. The van der Waals surface area contributed by atoms with E-state index in [1.165, 1.54) is 17.3 Å². The number of carboxylic acid groups (broad SMARTS) is 1. The summed E-state index contributed by atoms with van der Waals surface area (Å²) in [6, 6.07) is 9.01. The number of amides is 1. The number of hydrogen-bond donors (Lipinski definition) is 1. The molecule has 1 N–H and O–H groups in total. The van der Waals surface area contributed by atoms with Crippen molar-refractivity contribution in [2.45, 2.75) is 31.7 Å². The van der Waals surface area contributed by atoms with Gasteiger partial charge in [-0.3, -0.25) is 9.88 Å². The van der Waals surface area contributed by atoms with Crippen LogP contribution in [0.2, 0.25) is 0 Å². The molecule has 1 atom stereocenters. The molecule has 1 aromatic heterocycles. The zero-order chi connectivity index (χ0) is 20.0. The molecule has 0 saturated carbocycles. The van der Waals surface area contributed by atoms with Gasteiger partial charge in [-0.2, -0.15) is 5.26 Å². The Morgan fingerprint density at radius 3 is 2.66 bits per heavy atom. The molecule has 1 amide bonds. The van der Waals surface area contributed by atoms with E-state index in [4.69, 9.17) is 10.4 Å². The number of carbonyl (C=O) groups is 1. The van der Waals surface area contributed by atoms with Crippen LogP contribution in [0.15, 0.2) is 30.6 Å². The van der Waals surface area contributed by atoms with Gasteiger partial charge in [0.15, 0.2) is 5.69 Å². The highest BCUT2D eigenvalue weighted by atomic mass is 16.4. The van der Waals surface area contributed by atoms with E-state index in [1.807, 2.05) is 6.07 Å². The van der Waals surface area contributed by atoms with Crippen LogP contribution in [0.25, 0.3) is 11.3 Å². The molecular weight excluding hydrogens is 366 g/mol. The minimum absolute atomic E-state index is 0.312. The zero-order valence-electron chi connectivity index (χ0n) is 16.2. The quantitative estimate of drug-likeness (QED) is 0.848. The van der Waals surface area contributed by atoms with E-state index in [2.05, 4.69) is 33.1 Å². The summed E-state index contributed by atoms with van der Waals surface area (Å²) < 4.78 is 0. The molecule has 2 saturated heterocycles. The summed E-state index contributed by atoms with van der Waals surface area (Å²) in [6.07, 6.45) is 6.54. The predicted octanol–water partition coefficient (Wildman–Crippen LogP) is 3.08. The van der Waals surface area contributed by atoms with Crippen molar-refractivity contribution >= 4 is 6.09 Å². The summed E-state index contributed by atoms with van der Waals surface area (Å²) in [7, 11) is 0. The van der Waals surface area contributed by atoms with Crippen molar-refractivity contribution in [2.24, 2.45) is 5.41 Å². The van der Waals surface area contributed by atoms with E-state index >= 15 is 0 Å². The van der Waals surface area contributed by atoms with Gasteiger partial charge in [0, 0.05) is 37.8 Å². The first-order chi connectivity index (χ1) is 14.1. The number of fused-ring (bicyclic) bond motifs is 1. The number of nitrogens with zero attached hydrogens (tertiary/aromatic N) is 5. The van der Waals surface area contributed by atoms with Gasteiger partial charge in [0.1, 0.15) is 6.07 Å². The van der Waals surface area contributed by atoms with Crippen LogP contribution >= 0.6 is 0 Å². The molecule has 1 spiro atoms. The van der Waals surface area contributed by atoms with Crippen LogP contribution in [-0.4, -0.2) is 57.1 Å². The Morgan fingerprint density at radius 1 is 1.21 bits per heavy atom. The van der Waals surface area contributed by atoms with Crippen molar-refractivity contribution < 1.29 is 9.90 Å². The Morgan fingerprint density at radius 2 is 2.00 bits per heavy atom. The molecule has 1 aromatic carbocycles. The average molecular weight is 389 g/mol. The fourth-order valence-electron chi connectivity index (χ4n) is 5.19. The summed E-state index contributed by atoms with van der Waals surface area (Å²) in [5.41, 5.74) is 5.27. The van der Waals surface area contributed by atoms with E-state index < -0.39 is 6.09 Å². The molecule has 0 unspecified atom stereocenters. The maximum atomic E-state index is 11.1. The summed E-state index contributed by atoms with van der Waals surface area (Å²) in [5.74, 6) is 0. The maximum Gasteiger partial charge on any atom is 0.407 e. The lowest BCUT2D eigenvalue weighted by Crippen LogP contribution is -2.61. The zero-order valence-corrected chi connectivity index (χ0v) is 16.2. The summed E-state index contributed by atoms with van der Waals surface area (Å²) in [6.45, 7) is 3.49. The first kappa shape index (κ1) is 18.1. The number of aromatic nitrogens is 2. The summed E-state index contributed by atoms with van der Waals surface area (Å²) in [5, 5.41) is 18.0. The highest BCUT2D eigenvalue weighted by Crippen LogP contribution is 2.48. The first-order valence-corrected chi connectivity index (χ1v) is 10.1. The second kappa shape index (κ2) is 6.82. The minimum Gasteiger partial charge on any atom is -0.465 e. The summed E-state index contributed by atoms with van der Waals surface area (Å²) >= 11 is 0. The van der Waals surface area contributed by atoms with Crippen molar-refractivity contribution in [3.63, 3.8) is 0 Å². The van der Waals surface area contributed by atoms with Gasteiger partial charge in [-0.25, -0.2) is 9.78 Å². The molecule has 2 fully saturated rings. The molecule has 3 heterocycles. The van der Waals surface area contributed by atoms with Gasteiger partial charge in [0.25, 0.3) is 0 Å². The van der Waals surface area contributed by atoms with Gasteiger partial charge in [0.05, 0.1) is 18.1 Å². The molecule has 148 valence electrons. The molecule has 7 heteroatoms. The van der Waals surface area contributed by atoms with E-state index in [9.17, 15) is 4.79 Å². The molecule has 0 radical (unpaired) electrons.